The molecule has 4 heteroatoms. The predicted octanol–water partition coefficient (Wildman–Crippen LogP) is 3.02. The normalized spacial score (nSPS) is 19.4. The Labute approximate surface area is 129 Å². The average Bonchev–Trinajstić information content (AvgIpc) is 2.98. The van der Waals surface area contributed by atoms with E-state index in [-0.39, 0.29) is 13.2 Å². The molecule has 2 N–H and O–H groups in total. The van der Waals surface area contributed by atoms with Crippen LogP contribution in [0.3, 0.4) is 0 Å². The van der Waals surface area contributed by atoms with Gasteiger partial charge in [-0.1, -0.05) is 28.1 Å². The molecule has 1 saturated heterocycles. The lowest BCUT2D eigenvalue weighted by atomic mass is 9.77. The fourth-order valence-electron chi connectivity index (χ4n) is 2.88. The van der Waals surface area contributed by atoms with Crippen molar-refractivity contribution in [3.63, 3.8) is 0 Å². The van der Waals surface area contributed by atoms with Gasteiger partial charge in [0, 0.05) is 16.5 Å². The van der Waals surface area contributed by atoms with Gasteiger partial charge in [0.1, 0.15) is 0 Å². The molecule has 1 atom stereocenters. The van der Waals surface area contributed by atoms with Crippen molar-refractivity contribution < 1.29 is 14.9 Å². The van der Waals surface area contributed by atoms with Gasteiger partial charge in [-0.25, -0.2) is 0 Å². The van der Waals surface area contributed by atoms with E-state index in [1.165, 1.54) is 0 Å². The third-order valence-corrected chi connectivity index (χ3v) is 4.80. The van der Waals surface area contributed by atoms with Crippen molar-refractivity contribution in [2.45, 2.75) is 43.6 Å². The Morgan fingerprint density at radius 1 is 1.20 bits per heavy atom. The monoisotopic (exact) mass is 342 g/mol. The Balaban J connectivity index is 1.98. The zero-order valence-corrected chi connectivity index (χ0v) is 13.3. The lowest BCUT2D eigenvalue weighted by Gasteiger charge is -2.31. The van der Waals surface area contributed by atoms with E-state index in [0.717, 1.165) is 48.7 Å². The smallest absolute Gasteiger partial charge is 0.0576 e. The van der Waals surface area contributed by atoms with Crippen LogP contribution in [0.15, 0.2) is 28.7 Å². The Bertz CT molecular complexity index is 395. The number of aliphatic hydroxyl groups is 2. The topological polar surface area (TPSA) is 49.7 Å². The molecule has 1 aromatic carbocycles. The number of rotatable bonds is 7. The second-order valence-corrected chi connectivity index (χ2v) is 6.55. The van der Waals surface area contributed by atoms with Crippen LogP contribution in [0.4, 0.5) is 0 Å². The van der Waals surface area contributed by atoms with E-state index in [2.05, 4.69) is 15.9 Å². The lowest BCUT2D eigenvalue weighted by Crippen LogP contribution is -2.35. The molecule has 3 nitrogen and oxygen atoms in total. The molecule has 0 radical (unpaired) electrons. The first-order chi connectivity index (χ1) is 9.70. The summed E-state index contributed by atoms with van der Waals surface area (Å²) in [5.41, 5.74) is 0.456. The standard InChI is InChI=1S/C16H23BrO3/c17-14-7-5-13(6-8-14)16(11-18,12-19)9-1-3-15-4-2-10-20-15/h5-8,15,18-19H,1-4,9-12H2. The van der Waals surface area contributed by atoms with Crippen molar-refractivity contribution in [3.05, 3.63) is 34.3 Å². The summed E-state index contributed by atoms with van der Waals surface area (Å²) in [4.78, 5) is 0. The summed E-state index contributed by atoms with van der Waals surface area (Å²) in [5.74, 6) is 0. The van der Waals surface area contributed by atoms with Gasteiger partial charge in [0.25, 0.3) is 0 Å². The van der Waals surface area contributed by atoms with E-state index < -0.39 is 5.41 Å². The molecule has 1 aromatic rings. The minimum atomic E-state index is -0.542. The van der Waals surface area contributed by atoms with E-state index in [0.29, 0.717) is 6.10 Å². The zero-order valence-electron chi connectivity index (χ0n) is 11.7. The van der Waals surface area contributed by atoms with E-state index in [1.807, 2.05) is 24.3 Å². The summed E-state index contributed by atoms with van der Waals surface area (Å²) in [6, 6.07) is 7.86. The minimum Gasteiger partial charge on any atom is -0.395 e. The van der Waals surface area contributed by atoms with Crippen molar-refractivity contribution >= 4 is 15.9 Å². The third-order valence-electron chi connectivity index (χ3n) is 4.27. The highest BCUT2D eigenvalue weighted by Gasteiger charge is 2.31. The summed E-state index contributed by atoms with van der Waals surface area (Å²) >= 11 is 3.41. The van der Waals surface area contributed by atoms with Gasteiger partial charge in [0.2, 0.25) is 0 Å². The molecule has 0 spiro atoms. The molecule has 1 aliphatic rings. The fraction of sp³-hybridized carbons (Fsp3) is 0.625. The molecular formula is C16H23BrO3. The molecular weight excluding hydrogens is 320 g/mol. The molecule has 0 aliphatic carbocycles. The van der Waals surface area contributed by atoms with Crippen LogP contribution in [0.2, 0.25) is 0 Å². The van der Waals surface area contributed by atoms with Crippen molar-refractivity contribution in [3.8, 4) is 0 Å². The molecule has 0 aromatic heterocycles. The van der Waals surface area contributed by atoms with E-state index in [9.17, 15) is 10.2 Å². The predicted molar refractivity (Wildman–Crippen MR) is 82.8 cm³/mol. The molecule has 2 rings (SSSR count). The van der Waals surface area contributed by atoms with Crippen LogP contribution in [0.1, 0.15) is 37.7 Å². The zero-order chi connectivity index (χ0) is 14.4. The van der Waals surface area contributed by atoms with Crippen LogP contribution in [-0.2, 0) is 10.2 Å². The lowest BCUT2D eigenvalue weighted by molar-refractivity contribution is 0.0841. The summed E-state index contributed by atoms with van der Waals surface area (Å²) in [6.07, 6.45) is 5.42. The van der Waals surface area contributed by atoms with Gasteiger partial charge in [-0.3, -0.25) is 0 Å². The first-order valence-corrected chi connectivity index (χ1v) is 8.09. The number of ether oxygens (including phenoxy) is 1. The Kier molecular flexibility index (Phi) is 6.02. The number of halogens is 1. The SMILES string of the molecule is OCC(CO)(CCCC1CCCO1)c1ccc(Br)cc1. The van der Waals surface area contributed by atoms with Gasteiger partial charge >= 0.3 is 0 Å². The molecule has 112 valence electrons. The average molecular weight is 343 g/mol. The quantitative estimate of drug-likeness (QED) is 0.800. The maximum Gasteiger partial charge on any atom is 0.0576 e. The molecule has 1 aliphatic heterocycles. The van der Waals surface area contributed by atoms with Crippen LogP contribution in [0.25, 0.3) is 0 Å². The maximum absolute atomic E-state index is 9.79. The van der Waals surface area contributed by atoms with Crippen LogP contribution < -0.4 is 0 Å². The van der Waals surface area contributed by atoms with Crippen LogP contribution >= 0.6 is 15.9 Å². The first kappa shape index (κ1) is 16.0. The summed E-state index contributed by atoms with van der Waals surface area (Å²) in [6.45, 7) is 0.815. The van der Waals surface area contributed by atoms with Crippen molar-refractivity contribution in [2.24, 2.45) is 0 Å². The molecule has 1 heterocycles. The van der Waals surface area contributed by atoms with E-state index in [1.54, 1.807) is 0 Å². The van der Waals surface area contributed by atoms with Gasteiger partial charge in [0.15, 0.2) is 0 Å². The Morgan fingerprint density at radius 2 is 1.90 bits per heavy atom. The first-order valence-electron chi connectivity index (χ1n) is 7.29. The van der Waals surface area contributed by atoms with Crippen LogP contribution in [0.5, 0.6) is 0 Å². The molecule has 0 saturated carbocycles. The van der Waals surface area contributed by atoms with Crippen molar-refractivity contribution in [1.29, 1.82) is 0 Å². The highest BCUT2D eigenvalue weighted by atomic mass is 79.9. The van der Waals surface area contributed by atoms with Gasteiger partial charge in [-0.15, -0.1) is 0 Å². The largest absolute Gasteiger partial charge is 0.395 e. The van der Waals surface area contributed by atoms with Gasteiger partial charge in [-0.2, -0.15) is 0 Å². The minimum absolute atomic E-state index is 0.0311. The number of benzene rings is 1. The van der Waals surface area contributed by atoms with Crippen molar-refractivity contribution in [2.75, 3.05) is 19.8 Å². The molecule has 0 bridgehead atoms. The second kappa shape index (κ2) is 7.55. The van der Waals surface area contributed by atoms with E-state index >= 15 is 0 Å². The second-order valence-electron chi connectivity index (χ2n) is 5.63. The van der Waals surface area contributed by atoms with E-state index in [4.69, 9.17) is 4.74 Å². The van der Waals surface area contributed by atoms with Crippen LogP contribution in [0, 0.1) is 0 Å². The molecule has 0 amide bonds. The maximum atomic E-state index is 9.79. The Hall–Kier alpha value is -0.420. The number of hydrogen-bond acceptors (Lipinski definition) is 3. The third kappa shape index (κ3) is 3.82. The summed E-state index contributed by atoms with van der Waals surface area (Å²) in [7, 11) is 0. The van der Waals surface area contributed by atoms with Crippen LogP contribution in [-0.4, -0.2) is 36.1 Å². The van der Waals surface area contributed by atoms with Gasteiger partial charge in [0.05, 0.1) is 19.3 Å². The van der Waals surface area contributed by atoms with Gasteiger partial charge < -0.3 is 14.9 Å². The highest BCUT2D eigenvalue weighted by molar-refractivity contribution is 9.10. The molecule has 1 fully saturated rings. The Morgan fingerprint density at radius 3 is 2.45 bits per heavy atom. The van der Waals surface area contributed by atoms with Gasteiger partial charge in [-0.05, 0) is 49.8 Å². The number of hydrogen-bond donors (Lipinski definition) is 2. The summed E-state index contributed by atoms with van der Waals surface area (Å²) < 4.78 is 6.63. The highest BCUT2D eigenvalue weighted by Crippen LogP contribution is 2.31. The molecule has 20 heavy (non-hydrogen) atoms. The number of aliphatic hydroxyl groups excluding tert-OH is 2. The summed E-state index contributed by atoms with van der Waals surface area (Å²) in [5, 5.41) is 19.6. The molecule has 1 unspecified atom stereocenters. The fourth-order valence-corrected chi connectivity index (χ4v) is 3.14. The van der Waals surface area contributed by atoms with Crippen molar-refractivity contribution in [1.82, 2.24) is 0 Å².